The summed E-state index contributed by atoms with van der Waals surface area (Å²) in [5.41, 5.74) is 2.99. The summed E-state index contributed by atoms with van der Waals surface area (Å²) in [6.45, 7) is 9.07. The van der Waals surface area contributed by atoms with Crippen molar-refractivity contribution in [3.8, 4) is 0 Å². The molecule has 1 aromatic carbocycles. The Balaban J connectivity index is 2.76. The molecule has 0 heteroatoms. The number of hydrogen-bond donors (Lipinski definition) is 0. The Morgan fingerprint density at radius 1 is 0.812 bits per heavy atom. The van der Waals surface area contributed by atoms with Crippen molar-refractivity contribution in [2.75, 3.05) is 0 Å². The van der Waals surface area contributed by atoms with Gasteiger partial charge in [-0.05, 0) is 35.8 Å². The quantitative estimate of drug-likeness (QED) is 0.592. The molecule has 16 heavy (non-hydrogen) atoms. The van der Waals surface area contributed by atoms with Crippen LogP contribution in [0, 0.1) is 0 Å². The summed E-state index contributed by atoms with van der Waals surface area (Å²) in [5, 5.41) is 0. The topological polar surface area (TPSA) is 0 Å². The maximum Gasteiger partial charge on any atom is -0.0162 e. The molecule has 0 aromatic heterocycles. The van der Waals surface area contributed by atoms with Crippen molar-refractivity contribution >= 4 is 0 Å². The molecule has 90 valence electrons. The summed E-state index contributed by atoms with van der Waals surface area (Å²) in [6.07, 6.45) is 5.23. The van der Waals surface area contributed by atoms with Crippen molar-refractivity contribution in [1.29, 1.82) is 0 Å². The van der Waals surface area contributed by atoms with Crippen LogP contribution in [0.15, 0.2) is 24.3 Å². The third kappa shape index (κ3) is 3.66. The minimum Gasteiger partial charge on any atom is -0.0654 e. The third-order valence-corrected chi connectivity index (χ3v) is 3.35. The predicted octanol–water partition coefficient (Wildman–Crippen LogP) is 5.49. The van der Waals surface area contributed by atoms with Crippen LogP contribution in [-0.2, 0) is 0 Å². The summed E-state index contributed by atoms with van der Waals surface area (Å²) in [7, 11) is 0. The van der Waals surface area contributed by atoms with Crippen LogP contribution in [0.25, 0.3) is 0 Å². The minimum atomic E-state index is 0.643. The molecule has 0 fully saturated rings. The molecule has 0 aliphatic carbocycles. The molecule has 1 rings (SSSR count). The lowest BCUT2D eigenvalue weighted by Gasteiger charge is -2.16. The predicted molar refractivity (Wildman–Crippen MR) is 73.1 cm³/mol. The van der Waals surface area contributed by atoms with Crippen LogP contribution < -0.4 is 0 Å². The average Bonchev–Trinajstić information content (AvgIpc) is 2.29. The van der Waals surface area contributed by atoms with E-state index >= 15 is 0 Å². The lowest BCUT2D eigenvalue weighted by atomic mass is 9.89. The van der Waals surface area contributed by atoms with Gasteiger partial charge in [0.2, 0.25) is 0 Å². The molecule has 0 aliphatic heterocycles. The Kier molecular flexibility index (Phi) is 5.59. The van der Waals surface area contributed by atoms with Crippen molar-refractivity contribution in [2.45, 2.75) is 65.2 Å². The minimum absolute atomic E-state index is 0.643. The summed E-state index contributed by atoms with van der Waals surface area (Å²) >= 11 is 0. The summed E-state index contributed by atoms with van der Waals surface area (Å²) < 4.78 is 0. The molecule has 0 radical (unpaired) electrons. The Labute approximate surface area is 101 Å². The molecule has 0 N–H and O–H groups in total. The maximum atomic E-state index is 2.34. The fraction of sp³-hybridized carbons (Fsp3) is 0.625. The second-order valence-corrected chi connectivity index (χ2v) is 5.10. The zero-order valence-corrected chi connectivity index (χ0v) is 11.3. The second kappa shape index (κ2) is 6.73. The first-order chi connectivity index (χ1) is 7.69. The van der Waals surface area contributed by atoms with Gasteiger partial charge in [0.05, 0.1) is 0 Å². The first-order valence-corrected chi connectivity index (χ1v) is 6.78. The van der Waals surface area contributed by atoms with Crippen LogP contribution in [0.2, 0.25) is 0 Å². The zero-order valence-electron chi connectivity index (χ0n) is 11.3. The van der Waals surface area contributed by atoms with E-state index in [0.29, 0.717) is 5.92 Å². The molecule has 0 amide bonds. The highest BCUT2D eigenvalue weighted by Gasteiger charge is 2.09. The molecule has 0 unspecified atom stereocenters. The van der Waals surface area contributed by atoms with E-state index in [-0.39, 0.29) is 0 Å². The Morgan fingerprint density at radius 2 is 1.25 bits per heavy atom. The lowest BCUT2D eigenvalue weighted by molar-refractivity contribution is 0.560. The molecule has 0 bridgehead atoms. The molecule has 0 saturated heterocycles. The van der Waals surface area contributed by atoms with E-state index in [1.807, 2.05) is 0 Å². The van der Waals surface area contributed by atoms with Gasteiger partial charge in [0, 0.05) is 0 Å². The Hall–Kier alpha value is -0.780. The largest absolute Gasteiger partial charge is 0.0654 e. The molecule has 0 heterocycles. The first kappa shape index (κ1) is 13.3. The highest BCUT2D eigenvalue weighted by molar-refractivity contribution is 5.27. The summed E-state index contributed by atoms with van der Waals surface area (Å²) in [4.78, 5) is 0. The zero-order chi connectivity index (χ0) is 12.0. The van der Waals surface area contributed by atoms with Crippen LogP contribution >= 0.6 is 0 Å². The van der Waals surface area contributed by atoms with Crippen molar-refractivity contribution in [3.63, 3.8) is 0 Å². The molecule has 0 atom stereocenters. The van der Waals surface area contributed by atoms with Crippen LogP contribution in [0.5, 0.6) is 0 Å². The maximum absolute atomic E-state index is 2.34. The number of hydrogen-bond acceptors (Lipinski definition) is 0. The number of rotatable bonds is 6. The van der Waals surface area contributed by atoms with E-state index in [4.69, 9.17) is 0 Å². The van der Waals surface area contributed by atoms with Crippen LogP contribution in [0.3, 0.4) is 0 Å². The lowest BCUT2D eigenvalue weighted by Crippen LogP contribution is -1.99. The van der Waals surface area contributed by atoms with E-state index in [1.165, 1.54) is 36.8 Å². The molecular formula is C16H26. The van der Waals surface area contributed by atoms with Gasteiger partial charge in [-0.2, -0.15) is 0 Å². The molecular weight excluding hydrogens is 192 g/mol. The van der Waals surface area contributed by atoms with Crippen molar-refractivity contribution in [1.82, 2.24) is 0 Å². The standard InChI is InChI=1S/C16H26/c1-5-7-15(8-6-2)16-11-9-14(10-12-16)13(3)4/h9-13,15H,5-8H2,1-4H3. The molecule has 0 aliphatic rings. The van der Waals surface area contributed by atoms with Gasteiger partial charge in [0.1, 0.15) is 0 Å². The van der Waals surface area contributed by atoms with Crippen LogP contribution in [0.4, 0.5) is 0 Å². The summed E-state index contributed by atoms with van der Waals surface area (Å²) in [5.74, 6) is 1.42. The van der Waals surface area contributed by atoms with Crippen molar-refractivity contribution in [3.05, 3.63) is 35.4 Å². The van der Waals surface area contributed by atoms with Gasteiger partial charge in [-0.3, -0.25) is 0 Å². The first-order valence-electron chi connectivity index (χ1n) is 6.78. The monoisotopic (exact) mass is 218 g/mol. The van der Waals surface area contributed by atoms with Gasteiger partial charge in [0.25, 0.3) is 0 Å². The third-order valence-electron chi connectivity index (χ3n) is 3.35. The molecule has 1 aromatic rings. The van der Waals surface area contributed by atoms with E-state index in [1.54, 1.807) is 0 Å². The van der Waals surface area contributed by atoms with E-state index in [9.17, 15) is 0 Å². The Morgan fingerprint density at radius 3 is 1.62 bits per heavy atom. The highest BCUT2D eigenvalue weighted by Crippen LogP contribution is 2.27. The average molecular weight is 218 g/mol. The van der Waals surface area contributed by atoms with Gasteiger partial charge in [-0.25, -0.2) is 0 Å². The van der Waals surface area contributed by atoms with E-state index in [0.717, 1.165) is 5.92 Å². The van der Waals surface area contributed by atoms with Gasteiger partial charge < -0.3 is 0 Å². The van der Waals surface area contributed by atoms with Crippen LogP contribution in [-0.4, -0.2) is 0 Å². The molecule has 0 saturated carbocycles. The van der Waals surface area contributed by atoms with Gasteiger partial charge in [0.15, 0.2) is 0 Å². The van der Waals surface area contributed by atoms with Gasteiger partial charge >= 0.3 is 0 Å². The van der Waals surface area contributed by atoms with E-state index < -0.39 is 0 Å². The van der Waals surface area contributed by atoms with Crippen LogP contribution in [0.1, 0.15) is 76.3 Å². The fourth-order valence-electron chi connectivity index (χ4n) is 2.33. The van der Waals surface area contributed by atoms with Gasteiger partial charge in [-0.1, -0.05) is 64.8 Å². The molecule has 0 nitrogen and oxygen atoms in total. The summed E-state index contributed by atoms with van der Waals surface area (Å²) in [6, 6.07) is 9.28. The SMILES string of the molecule is CCCC(CCC)c1ccc(C(C)C)cc1. The highest BCUT2D eigenvalue weighted by atomic mass is 14.1. The van der Waals surface area contributed by atoms with E-state index in [2.05, 4.69) is 52.0 Å². The molecule has 0 spiro atoms. The fourth-order valence-corrected chi connectivity index (χ4v) is 2.33. The van der Waals surface area contributed by atoms with Crippen molar-refractivity contribution < 1.29 is 0 Å². The Bertz CT molecular complexity index is 275. The number of benzene rings is 1. The normalized spacial score (nSPS) is 11.4. The van der Waals surface area contributed by atoms with Crippen molar-refractivity contribution in [2.24, 2.45) is 0 Å². The van der Waals surface area contributed by atoms with Gasteiger partial charge in [-0.15, -0.1) is 0 Å². The smallest absolute Gasteiger partial charge is 0.0162 e. The second-order valence-electron chi connectivity index (χ2n) is 5.10.